The van der Waals surface area contributed by atoms with Crippen LogP contribution in [-0.2, 0) is 0 Å². The van der Waals surface area contributed by atoms with Gasteiger partial charge in [0, 0.05) is 19.1 Å². The van der Waals surface area contributed by atoms with Gasteiger partial charge in [-0.25, -0.2) is 4.79 Å². The Bertz CT molecular complexity index is 1050. The molecule has 0 unspecified atom stereocenters. The molecule has 27 heavy (non-hydrogen) atoms. The number of aliphatic imine (C=N–C) groups is 1. The van der Waals surface area contributed by atoms with Gasteiger partial charge >= 0.3 is 11.7 Å². The highest BCUT2D eigenvalue weighted by Gasteiger charge is 2.26. The zero-order valence-corrected chi connectivity index (χ0v) is 14.7. The third-order valence-corrected chi connectivity index (χ3v) is 4.82. The van der Waals surface area contributed by atoms with Gasteiger partial charge in [-0.15, -0.1) is 4.99 Å². The minimum absolute atomic E-state index is 0.0823. The summed E-state index contributed by atoms with van der Waals surface area (Å²) in [7, 11) is 0. The predicted octanol–water partition coefficient (Wildman–Crippen LogP) is 2.88. The van der Waals surface area contributed by atoms with Crippen LogP contribution in [0.4, 0.5) is 0 Å². The van der Waals surface area contributed by atoms with Crippen molar-refractivity contribution in [3.63, 3.8) is 0 Å². The maximum atomic E-state index is 12.4. The average Bonchev–Trinajstić information content (AvgIpc) is 3.04. The molecule has 0 bridgehead atoms. The predicted molar refractivity (Wildman–Crippen MR) is 103 cm³/mol. The van der Waals surface area contributed by atoms with Crippen molar-refractivity contribution in [1.82, 2.24) is 14.5 Å². The molecule has 4 rings (SSSR count). The van der Waals surface area contributed by atoms with E-state index in [0.717, 1.165) is 23.9 Å². The summed E-state index contributed by atoms with van der Waals surface area (Å²) < 4.78 is 7.63. The van der Waals surface area contributed by atoms with E-state index in [2.05, 4.69) is 9.98 Å². The monoisotopic (exact) mass is 361 g/mol. The molecule has 2 heterocycles. The number of nitriles is 1. The maximum Gasteiger partial charge on any atom is 0.326 e. The first-order valence-corrected chi connectivity index (χ1v) is 8.90. The number of amidine groups is 1. The Labute approximate surface area is 156 Å². The molecule has 3 aromatic rings. The second-order valence-electron chi connectivity index (χ2n) is 6.45. The van der Waals surface area contributed by atoms with Gasteiger partial charge in [-0.05, 0) is 37.1 Å². The number of nitrogens with one attached hydrogen (secondary N) is 1. The van der Waals surface area contributed by atoms with Gasteiger partial charge in [-0.2, -0.15) is 5.26 Å². The van der Waals surface area contributed by atoms with E-state index in [0.29, 0.717) is 24.9 Å². The number of likely N-dealkylation sites (tertiary alicyclic amines) is 1. The normalized spacial score (nSPS) is 15.7. The summed E-state index contributed by atoms with van der Waals surface area (Å²) >= 11 is 0. The van der Waals surface area contributed by atoms with Crippen LogP contribution in [-0.4, -0.2) is 33.6 Å². The van der Waals surface area contributed by atoms with Crippen molar-refractivity contribution in [1.29, 1.82) is 5.26 Å². The van der Waals surface area contributed by atoms with Crippen LogP contribution in [0.15, 0.2) is 64.4 Å². The number of hydrogen-bond acceptors (Lipinski definition) is 4. The molecule has 1 saturated heterocycles. The summed E-state index contributed by atoms with van der Waals surface area (Å²) in [6.45, 7) is 1.31. The minimum atomic E-state index is -0.0823. The first-order valence-electron chi connectivity index (χ1n) is 8.90. The lowest BCUT2D eigenvalue weighted by atomic mass is 10.0. The molecule has 1 N–H and O–H groups in total. The molecule has 1 aliphatic rings. The highest BCUT2D eigenvalue weighted by atomic mass is 16.5. The van der Waals surface area contributed by atoms with E-state index in [1.807, 2.05) is 70.3 Å². The van der Waals surface area contributed by atoms with Crippen molar-refractivity contribution in [3.05, 3.63) is 65.1 Å². The number of imidazole rings is 1. The van der Waals surface area contributed by atoms with Gasteiger partial charge in [0.05, 0.1) is 11.0 Å². The number of ether oxygens (including phenoxy) is 1. The van der Waals surface area contributed by atoms with E-state index >= 15 is 0 Å². The lowest BCUT2D eigenvalue weighted by molar-refractivity contribution is 0.238. The third kappa shape index (κ3) is 3.42. The van der Waals surface area contributed by atoms with Crippen molar-refractivity contribution in [2.75, 3.05) is 13.1 Å². The zero-order valence-electron chi connectivity index (χ0n) is 14.7. The highest BCUT2D eigenvalue weighted by Crippen LogP contribution is 2.25. The molecule has 0 amide bonds. The second-order valence-corrected chi connectivity index (χ2v) is 6.45. The van der Waals surface area contributed by atoms with Crippen LogP contribution in [0.25, 0.3) is 11.0 Å². The fourth-order valence-corrected chi connectivity index (χ4v) is 3.55. The summed E-state index contributed by atoms with van der Waals surface area (Å²) in [5, 5.41) is 9.01. The molecule has 7 nitrogen and oxygen atoms in total. The number of para-hydroxylation sites is 3. The molecule has 136 valence electrons. The molecule has 7 heteroatoms. The van der Waals surface area contributed by atoms with E-state index in [9.17, 15) is 4.79 Å². The number of piperidine rings is 1. The summed E-state index contributed by atoms with van der Waals surface area (Å²) in [5.74, 6) is 0.640. The number of rotatable bonds is 2. The molecular weight excluding hydrogens is 342 g/mol. The fraction of sp³-hybridized carbons (Fsp3) is 0.250. The number of fused-ring (bicyclic) bond motifs is 1. The largest absolute Gasteiger partial charge is 0.425 e. The number of aromatic amines is 1. The molecule has 1 aliphatic heterocycles. The van der Waals surface area contributed by atoms with E-state index in [1.165, 1.54) is 0 Å². The van der Waals surface area contributed by atoms with Crippen LogP contribution in [0.3, 0.4) is 0 Å². The number of H-pyrrole nitrogens is 1. The second kappa shape index (κ2) is 7.38. The highest BCUT2D eigenvalue weighted by molar-refractivity contribution is 5.77. The molecule has 1 fully saturated rings. The van der Waals surface area contributed by atoms with Crippen LogP contribution in [0.5, 0.6) is 5.75 Å². The summed E-state index contributed by atoms with van der Waals surface area (Å²) in [6, 6.07) is 17.4. The van der Waals surface area contributed by atoms with Crippen LogP contribution in [0.1, 0.15) is 18.9 Å². The molecule has 0 radical (unpaired) electrons. The van der Waals surface area contributed by atoms with Crippen molar-refractivity contribution >= 4 is 17.1 Å². The fourth-order valence-electron chi connectivity index (χ4n) is 3.55. The number of hydrogen-bond donors (Lipinski definition) is 1. The first kappa shape index (κ1) is 16.9. The molecular formula is C20H19N5O2. The zero-order chi connectivity index (χ0) is 18.6. The number of nitrogens with zero attached hydrogens (tertiary/aromatic N) is 4. The molecule has 0 atom stereocenters. The Kier molecular flexibility index (Phi) is 4.62. The maximum absolute atomic E-state index is 12.4. The molecule has 1 aromatic heterocycles. The number of aromatic nitrogens is 2. The first-order chi connectivity index (χ1) is 13.3. The lowest BCUT2D eigenvalue weighted by Gasteiger charge is -2.33. The van der Waals surface area contributed by atoms with Crippen LogP contribution in [0, 0.1) is 11.5 Å². The quantitative estimate of drug-likeness (QED) is 0.432. The molecule has 0 spiro atoms. The minimum Gasteiger partial charge on any atom is -0.425 e. The van der Waals surface area contributed by atoms with Gasteiger partial charge in [0.15, 0.2) is 0 Å². The number of benzene rings is 2. The van der Waals surface area contributed by atoms with E-state index in [-0.39, 0.29) is 11.7 Å². The summed E-state index contributed by atoms with van der Waals surface area (Å²) in [5.41, 5.74) is 1.69. The Hall–Kier alpha value is -3.53. The van der Waals surface area contributed by atoms with Crippen molar-refractivity contribution < 1.29 is 4.74 Å². The molecule has 2 aromatic carbocycles. The Morgan fingerprint density at radius 1 is 1.11 bits per heavy atom. The molecule has 0 aliphatic carbocycles. The summed E-state index contributed by atoms with van der Waals surface area (Å²) in [6.07, 6.45) is 3.35. The van der Waals surface area contributed by atoms with Gasteiger partial charge in [-0.3, -0.25) is 4.57 Å². The topological polar surface area (TPSA) is 86.4 Å². The van der Waals surface area contributed by atoms with Crippen molar-refractivity contribution in [2.24, 2.45) is 4.99 Å². The van der Waals surface area contributed by atoms with Gasteiger partial charge in [-0.1, -0.05) is 30.3 Å². The van der Waals surface area contributed by atoms with E-state index < -0.39 is 0 Å². The van der Waals surface area contributed by atoms with E-state index in [4.69, 9.17) is 10.00 Å². The van der Waals surface area contributed by atoms with Gasteiger partial charge in [0.1, 0.15) is 5.75 Å². The van der Waals surface area contributed by atoms with E-state index in [1.54, 1.807) is 0 Å². The Morgan fingerprint density at radius 3 is 2.56 bits per heavy atom. The average molecular weight is 361 g/mol. The standard InChI is InChI=1S/C20H19N5O2/c21-14-22-20(27-16-6-2-1-3-7-16)24-12-10-15(11-13-24)25-18-9-5-4-8-17(18)23-19(25)26/h1-9,15H,10-13H2,(H,23,26)/b22-20-. The smallest absolute Gasteiger partial charge is 0.326 e. The Balaban J connectivity index is 1.51. The van der Waals surface area contributed by atoms with Crippen molar-refractivity contribution in [3.8, 4) is 11.9 Å². The van der Waals surface area contributed by atoms with Crippen LogP contribution < -0.4 is 10.4 Å². The Morgan fingerprint density at radius 2 is 1.81 bits per heavy atom. The SMILES string of the molecule is N#C/N=C(\Oc1ccccc1)N1CCC(n2c(=O)[nH]c3ccccc32)CC1. The lowest BCUT2D eigenvalue weighted by Crippen LogP contribution is -2.42. The van der Waals surface area contributed by atoms with Gasteiger partial charge in [0.2, 0.25) is 6.19 Å². The van der Waals surface area contributed by atoms with Gasteiger partial charge in [0.25, 0.3) is 0 Å². The van der Waals surface area contributed by atoms with Gasteiger partial charge < -0.3 is 14.6 Å². The molecule has 0 saturated carbocycles. The van der Waals surface area contributed by atoms with Crippen LogP contribution in [0.2, 0.25) is 0 Å². The third-order valence-electron chi connectivity index (χ3n) is 4.82. The van der Waals surface area contributed by atoms with Crippen molar-refractivity contribution in [2.45, 2.75) is 18.9 Å². The summed E-state index contributed by atoms with van der Waals surface area (Å²) in [4.78, 5) is 21.1. The van der Waals surface area contributed by atoms with Crippen LogP contribution >= 0.6 is 0 Å².